The molecular formula is C20H25NO4. The van der Waals surface area contributed by atoms with E-state index in [2.05, 4.69) is 6.92 Å². The summed E-state index contributed by atoms with van der Waals surface area (Å²) in [5, 5.41) is 11.6. The lowest BCUT2D eigenvalue weighted by Gasteiger charge is -2.31. The predicted octanol–water partition coefficient (Wildman–Crippen LogP) is 4.05. The van der Waals surface area contributed by atoms with Crippen LogP contribution in [0, 0.1) is 0 Å². The van der Waals surface area contributed by atoms with Crippen molar-refractivity contribution in [3.63, 3.8) is 0 Å². The lowest BCUT2D eigenvalue weighted by atomic mass is 9.91. The molecular weight excluding hydrogens is 318 g/mol. The SMILES string of the molecule is CCCc1cc(=O)oc2c(C(N)CC)c(O)c3c(c12)OC(C)(C)C=C3. The van der Waals surface area contributed by atoms with Crippen LogP contribution < -0.4 is 16.1 Å². The molecule has 0 saturated carbocycles. The van der Waals surface area contributed by atoms with Crippen LogP contribution in [0.3, 0.4) is 0 Å². The van der Waals surface area contributed by atoms with Crippen molar-refractivity contribution in [2.24, 2.45) is 5.73 Å². The van der Waals surface area contributed by atoms with E-state index in [9.17, 15) is 9.90 Å². The van der Waals surface area contributed by atoms with Gasteiger partial charge in [-0.15, -0.1) is 0 Å². The monoisotopic (exact) mass is 343 g/mol. The van der Waals surface area contributed by atoms with Gasteiger partial charge in [0.1, 0.15) is 17.1 Å². The van der Waals surface area contributed by atoms with Gasteiger partial charge < -0.3 is 20.0 Å². The van der Waals surface area contributed by atoms with Crippen LogP contribution in [0.4, 0.5) is 0 Å². The average molecular weight is 343 g/mol. The van der Waals surface area contributed by atoms with E-state index < -0.39 is 17.3 Å². The van der Waals surface area contributed by atoms with Crippen molar-refractivity contribution < 1.29 is 14.3 Å². The second kappa shape index (κ2) is 6.23. The van der Waals surface area contributed by atoms with Crippen LogP contribution in [0.1, 0.15) is 63.3 Å². The summed E-state index contributed by atoms with van der Waals surface area (Å²) >= 11 is 0. The number of phenols is 1. The number of ether oxygens (including phenoxy) is 1. The number of aryl methyl sites for hydroxylation is 1. The van der Waals surface area contributed by atoms with Gasteiger partial charge in [0.2, 0.25) is 0 Å². The van der Waals surface area contributed by atoms with Gasteiger partial charge in [-0.1, -0.05) is 20.3 Å². The summed E-state index contributed by atoms with van der Waals surface area (Å²) in [4.78, 5) is 12.1. The molecule has 0 spiro atoms. The summed E-state index contributed by atoms with van der Waals surface area (Å²) in [7, 11) is 0. The van der Waals surface area contributed by atoms with Gasteiger partial charge in [0.05, 0.1) is 16.5 Å². The molecule has 2 heterocycles. The maximum absolute atomic E-state index is 12.1. The van der Waals surface area contributed by atoms with E-state index in [1.54, 1.807) is 0 Å². The van der Waals surface area contributed by atoms with Gasteiger partial charge in [-0.2, -0.15) is 0 Å². The van der Waals surface area contributed by atoms with E-state index in [0.717, 1.165) is 17.4 Å². The van der Waals surface area contributed by atoms with Crippen molar-refractivity contribution in [2.45, 2.75) is 58.6 Å². The van der Waals surface area contributed by atoms with Crippen LogP contribution in [0.15, 0.2) is 21.4 Å². The molecule has 0 radical (unpaired) electrons. The summed E-state index contributed by atoms with van der Waals surface area (Å²) < 4.78 is 11.7. The molecule has 3 rings (SSSR count). The first-order valence-electron chi connectivity index (χ1n) is 8.78. The van der Waals surface area contributed by atoms with Crippen molar-refractivity contribution in [1.82, 2.24) is 0 Å². The third-order valence-corrected chi connectivity index (χ3v) is 4.62. The van der Waals surface area contributed by atoms with Gasteiger partial charge in [0.25, 0.3) is 0 Å². The smallest absolute Gasteiger partial charge is 0.336 e. The number of benzene rings is 1. The van der Waals surface area contributed by atoms with Crippen LogP contribution in [-0.4, -0.2) is 10.7 Å². The molecule has 0 saturated heterocycles. The fraction of sp³-hybridized carbons (Fsp3) is 0.450. The standard InChI is InChI=1S/C20H25NO4/c1-5-7-11-10-14(22)24-19-15(11)18-12(8-9-20(3,4)25-18)17(23)16(19)13(21)6-2/h8-10,13,23H,5-7,21H2,1-4H3. The Morgan fingerprint density at radius 2 is 2.04 bits per heavy atom. The summed E-state index contributed by atoms with van der Waals surface area (Å²) in [5.74, 6) is 0.583. The second-order valence-electron chi connectivity index (χ2n) is 7.10. The van der Waals surface area contributed by atoms with E-state index in [-0.39, 0.29) is 5.75 Å². The maximum atomic E-state index is 12.1. The third-order valence-electron chi connectivity index (χ3n) is 4.62. The average Bonchev–Trinajstić information content (AvgIpc) is 2.53. The molecule has 5 heteroatoms. The largest absolute Gasteiger partial charge is 0.507 e. The number of hydrogen-bond acceptors (Lipinski definition) is 5. The predicted molar refractivity (Wildman–Crippen MR) is 99.1 cm³/mol. The fourth-order valence-electron chi connectivity index (χ4n) is 3.33. The molecule has 1 unspecified atom stereocenters. The van der Waals surface area contributed by atoms with E-state index in [1.165, 1.54) is 6.07 Å². The topological polar surface area (TPSA) is 85.7 Å². The molecule has 0 aliphatic carbocycles. The maximum Gasteiger partial charge on any atom is 0.336 e. The zero-order valence-electron chi connectivity index (χ0n) is 15.2. The minimum atomic E-state index is -0.514. The first-order chi connectivity index (χ1) is 11.8. The normalized spacial score (nSPS) is 16.5. The van der Waals surface area contributed by atoms with Crippen molar-refractivity contribution in [3.05, 3.63) is 39.3 Å². The molecule has 1 aromatic heterocycles. The summed E-state index contributed by atoms with van der Waals surface area (Å²) in [5.41, 5.74) is 7.55. The molecule has 3 N–H and O–H groups in total. The highest BCUT2D eigenvalue weighted by atomic mass is 16.5. The number of nitrogens with two attached hydrogens (primary N) is 1. The van der Waals surface area contributed by atoms with E-state index in [0.29, 0.717) is 35.3 Å². The Balaban J connectivity index is 2.50. The van der Waals surface area contributed by atoms with Crippen molar-refractivity contribution in [3.8, 4) is 11.5 Å². The Morgan fingerprint density at radius 3 is 2.68 bits per heavy atom. The molecule has 1 atom stereocenters. The fourth-order valence-corrected chi connectivity index (χ4v) is 3.33. The highest BCUT2D eigenvalue weighted by Gasteiger charge is 2.31. The van der Waals surface area contributed by atoms with Gasteiger partial charge in [-0.3, -0.25) is 0 Å². The summed E-state index contributed by atoms with van der Waals surface area (Å²) in [6, 6.07) is 1.08. The third kappa shape index (κ3) is 2.93. The Kier molecular flexibility index (Phi) is 4.37. The number of hydrogen-bond donors (Lipinski definition) is 2. The lowest BCUT2D eigenvalue weighted by molar-refractivity contribution is 0.160. The van der Waals surface area contributed by atoms with Crippen LogP contribution in [-0.2, 0) is 6.42 Å². The first-order valence-corrected chi connectivity index (χ1v) is 8.78. The van der Waals surface area contributed by atoms with E-state index in [1.807, 2.05) is 32.9 Å². The summed E-state index contributed by atoms with van der Waals surface area (Å²) in [6.07, 6.45) is 5.97. The summed E-state index contributed by atoms with van der Waals surface area (Å²) in [6.45, 7) is 7.87. The number of rotatable bonds is 4. The minimum absolute atomic E-state index is 0.0281. The second-order valence-corrected chi connectivity index (χ2v) is 7.10. The van der Waals surface area contributed by atoms with Crippen molar-refractivity contribution in [1.29, 1.82) is 0 Å². The Bertz CT molecular complexity index is 908. The highest BCUT2D eigenvalue weighted by Crippen LogP contribution is 2.47. The van der Waals surface area contributed by atoms with Crippen LogP contribution >= 0.6 is 0 Å². The molecule has 0 fully saturated rings. The van der Waals surface area contributed by atoms with Gasteiger partial charge in [0.15, 0.2) is 5.58 Å². The van der Waals surface area contributed by atoms with Crippen LogP contribution in [0.5, 0.6) is 11.5 Å². The molecule has 1 aromatic carbocycles. The van der Waals surface area contributed by atoms with Crippen molar-refractivity contribution >= 4 is 17.0 Å². The first kappa shape index (κ1) is 17.5. The Hall–Kier alpha value is -2.27. The number of phenolic OH excluding ortho intramolecular Hbond substituents is 1. The Morgan fingerprint density at radius 1 is 1.32 bits per heavy atom. The Labute approximate surface area is 147 Å². The van der Waals surface area contributed by atoms with Gasteiger partial charge in [0, 0.05) is 12.1 Å². The zero-order valence-corrected chi connectivity index (χ0v) is 15.2. The van der Waals surface area contributed by atoms with Crippen molar-refractivity contribution in [2.75, 3.05) is 0 Å². The van der Waals surface area contributed by atoms with Gasteiger partial charge in [-0.25, -0.2) is 4.79 Å². The van der Waals surface area contributed by atoms with E-state index >= 15 is 0 Å². The minimum Gasteiger partial charge on any atom is -0.507 e. The highest BCUT2D eigenvalue weighted by molar-refractivity contribution is 5.96. The molecule has 25 heavy (non-hydrogen) atoms. The van der Waals surface area contributed by atoms with Gasteiger partial charge in [-0.05, 0) is 44.4 Å². The lowest BCUT2D eigenvalue weighted by Crippen LogP contribution is -2.28. The van der Waals surface area contributed by atoms with Crippen LogP contribution in [0.2, 0.25) is 0 Å². The molecule has 0 amide bonds. The van der Waals surface area contributed by atoms with E-state index in [4.69, 9.17) is 14.9 Å². The molecule has 2 aromatic rings. The molecule has 1 aliphatic rings. The zero-order chi connectivity index (χ0) is 18.4. The number of aromatic hydroxyl groups is 1. The molecule has 134 valence electrons. The van der Waals surface area contributed by atoms with Gasteiger partial charge >= 0.3 is 5.63 Å². The molecule has 0 bridgehead atoms. The molecule has 1 aliphatic heterocycles. The van der Waals surface area contributed by atoms with Crippen LogP contribution in [0.25, 0.3) is 17.0 Å². The number of fused-ring (bicyclic) bond motifs is 3. The molecule has 5 nitrogen and oxygen atoms in total. The quantitative estimate of drug-likeness (QED) is 0.818.